The van der Waals surface area contributed by atoms with Crippen LogP contribution in [0.3, 0.4) is 0 Å². The van der Waals surface area contributed by atoms with Crippen molar-refractivity contribution in [1.82, 2.24) is 0 Å². The summed E-state index contributed by atoms with van der Waals surface area (Å²) in [6.45, 7) is 0. The van der Waals surface area contributed by atoms with Crippen molar-refractivity contribution in [3.8, 4) is 0 Å². The van der Waals surface area contributed by atoms with Gasteiger partial charge < -0.3 is 0 Å². The van der Waals surface area contributed by atoms with Crippen LogP contribution < -0.4 is 0 Å². The van der Waals surface area contributed by atoms with Crippen LogP contribution in [0.4, 0.5) is 0 Å². The predicted molar refractivity (Wildman–Crippen MR) is 69.0 cm³/mol. The van der Waals surface area contributed by atoms with Gasteiger partial charge in [0.2, 0.25) is 0 Å². The van der Waals surface area contributed by atoms with Crippen molar-refractivity contribution in [3.05, 3.63) is 27.1 Å². The molecule has 1 aromatic heterocycles. The summed E-state index contributed by atoms with van der Waals surface area (Å²) >= 11 is 10.8. The molecule has 0 amide bonds. The van der Waals surface area contributed by atoms with Crippen molar-refractivity contribution in [1.29, 1.82) is 0 Å². The van der Waals surface area contributed by atoms with E-state index in [1.165, 1.54) is 18.8 Å². The van der Waals surface area contributed by atoms with E-state index in [1.807, 2.05) is 11.3 Å². The lowest BCUT2D eigenvalue weighted by molar-refractivity contribution is 1.66. The van der Waals surface area contributed by atoms with Gasteiger partial charge in [0.1, 0.15) is 0 Å². The summed E-state index contributed by atoms with van der Waals surface area (Å²) in [5, 5.41) is 1.29. The average Bonchev–Trinajstić information content (AvgIpc) is 2.44. The number of hydrogen-bond acceptors (Lipinski definition) is 2. The first-order valence-corrected chi connectivity index (χ1v) is 7.27. The van der Waals surface area contributed by atoms with Crippen LogP contribution >= 0.6 is 55.0 Å². The number of benzene rings is 1. The highest BCUT2D eigenvalue weighted by Crippen LogP contribution is 2.43. The topological polar surface area (TPSA) is 0 Å². The molecular weight excluding hydrogens is 332 g/mol. The van der Waals surface area contributed by atoms with Crippen LogP contribution in [0.15, 0.2) is 31.4 Å². The summed E-state index contributed by atoms with van der Waals surface area (Å²) in [6.07, 6.45) is 2.10. The molecule has 68 valence electrons. The van der Waals surface area contributed by atoms with Gasteiger partial charge in [-0.05, 0) is 34.3 Å². The zero-order valence-electron chi connectivity index (χ0n) is 6.80. The molecule has 1 heterocycles. The van der Waals surface area contributed by atoms with E-state index in [2.05, 4.69) is 56.3 Å². The molecule has 2 aromatic rings. The maximum Gasteiger partial charge on any atom is 0.0751 e. The fraction of sp³-hybridized carbons (Fsp3) is 0.111. The lowest BCUT2D eigenvalue weighted by atomic mass is 10.3. The molecule has 0 saturated heterocycles. The van der Waals surface area contributed by atoms with E-state index in [9.17, 15) is 0 Å². The van der Waals surface area contributed by atoms with Crippen LogP contribution in [-0.2, 0) is 0 Å². The lowest BCUT2D eigenvalue weighted by Gasteiger charge is -1.93. The quantitative estimate of drug-likeness (QED) is 0.648. The Morgan fingerprint density at radius 2 is 2.08 bits per heavy atom. The van der Waals surface area contributed by atoms with Gasteiger partial charge in [0.15, 0.2) is 0 Å². The van der Waals surface area contributed by atoms with Crippen molar-refractivity contribution >= 4 is 65.0 Å². The number of rotatable bonds is 1. The first-order valence-electron chi connectivity index (χ1n) is 3.64. The Kier molecular flexibility index (Phi) is 3.03. The molecule has 0 fully saturated rings. The first kappa shape index (κ1) is 10.0. The van der Waals surface area contributed by atoms with E-state index < -0.39 is 0 Å². The maximum absolute atomic E-state index is 3.62. The van der Waals surface area contributed by atoms with Crippen LogP contribution in [0.1, 0.15) is 0 Å². The molecular formula is C9H6Br2S2. The lowest BCUT2D eigenvalue weighted by Crippen LogP contribution is -1.67. The Morgan fingerprint density at radius 3 is 2.69 bits per heavy atom. The third-order valence-corrected chi connectivity index (χ3v) is 6.02. The third-order valence-electron chi connectivity index (χ3n) is 1.76. The van der Waals surface area contributed by atoms with Gasteiger partial charge in [-0.2, -0.15) is 0 Å². The summed E-state index contributed by atoms with van der Waals surface area (Å²) in [5.41, 5.74) is 0. The Bertz CT molecular complexity index is 448. The minimum Gasteiger partial charge on any atom is -0.128 e. The third kappa shape index (κ3) is 1.69. The van der Waals surface area contributed by atoms with Gasteiger partial charge in [0.25, 0.3) is 0 Å². The van der Waals surface area contributed by atoms with E-state index in [0.717, 1.165) is 4.47 Å². The van der Waals surface area contributed by atoms with E-state index in [4.69, 9.17) is 0 Å². The van der Waals surface area contributed by atoms with Gasteiger partial charge in [-0.3, -0.25) is 0 Å². The van der Waals surface area contributed by atoms with Crippen LogP contribution in [-0.4, -0.2) is 6.26 Å². The molecule has 0 bridgehead atoms. The van der Waals surface area contributed by atoms with E-state index in [0.29, 0.717) is 0 Å². The van der Waals surface area contributed by atoms with Crippen molar-refractivity contribution in [2.75, 3.05) is 6.26 Å². The van der Waals surface area contributed by atoms with Gasteiger partial charge in [-0.15, -0.1) is 23.1 Å². The van der Waals surface area contributed by atoms with Gasteiger partial charge in [-0.1, -0.05) is 22.0 Å². The summed E-state index contributed by atoms with van der Waals surface area (Å²) < 4.78 is 5.04. The smallest absolute Gasteiger partial charge is 0.0751 e. The molecule has 0 atom stereocenters. The van der Waals surface area contributed by atoms with Crippen LogP contribution in [0.5, 0.6) is 0 Å². The highest BCUT2D eigenvalue weighted by molar-refractivity contribution is 9.11. The predicted octanol–water partition coefficient (Wildman–Crippen LogP) is 5.15. The fourth-order valence-electron chi connectivity index (χ4n) is 1.18. The molecule has 0 N–H and O–H groups in total. The normalized spacial score (nSPS) is 11.0. The molecule has 0 unspecified atom stereocenters. The van der Waals surface area contributed by atoms with Crippen molar-refractivity contribution < 1.29 is 0 Å². The Hall–Kier alpha value is 0.490. The highest BCUT2D eigenvalue weighted by atomic mass is 79.9. The number of thioether (sulfide) groups is 1. The van der Waals surface area contributed by atoms with Crippen LogP contribution in [0, 0.1) is 0 Å². The second kappa shape index (κ2) is 3.93. The maximum atomic E-state index is 3.62. The summed E-state index contributed by atoms with van der Waals surface area (Å²) in [4.78, 5) is 0. The first-order chi connectivity index (χ1) is 6.24. The second-order valence-electron chi connectivity index (χ2n) is 2.52. The molecule has 4 heteroatoms. The Balaban J connectivity index is 2.85. The van der Waals surface area contributed by atoms with Gasteiger partial charge in [0, 0.05) is 14.6 Å². The van der Waals surface area contributed by atoms with E-state index >= 15 is 0 Å². The molecule has 0 aliphatic heterocycles. The number of hydrogen-bond donors (Lipinski definition) is 0. The van der Waals surface area contributed by atoms with E-state index in [1.54, 1.807) is 11.8 Å². The standard InChI is InChI=1S/C9H6Br2S2/c1-12-9-8(11)7-5(10)3-2-4-6(7)13-9/h2-4H,1H3. The summed E-state index contributed by atoms with van der Waals surface area (Å²) in [7, 11) is 0. The molecule has 0 aliphatic carbocycles. The Labute approximate surface area is 102 Å². The summed E-state index contributed by atoms with van der Waals surface area (Å²) in [5.74, 6) is 0. The van der Waals surface area contributed by atoms with Crippen LogP contribution in [0.25, 0.3) is 10.1 Å². The monoisotopic (exact) mass is 336 g/mol. The minimum atomic E-state index is 1.16. The van der Waals surface area contributed by atoms with Gasteiger partial charge in [-0.25, -0.2) is 0 Å². The molecule has 0 spiro atoms. The zero-order chi connectivity index (χ0) is 9.42. The number of halogens is 2. The number of fused-ring (bicyclic) bond motifs is 1. The largest absolute Gasteiger partial charge is 0.128 e. The molecule has 1 aromatic carbocycles. The fourth-order valence-corrected chi connectivity index (χ4v) is 5.16. The zero-order valence-corrected chi connectivity index (χ0v) is 11.6. The van der Waals surface area contributed by atoms with Gasteiger partial charge in [0.05, 0.1) is 8.68 Å². The van der Waals surface area contributed by atoms with Crippen molar-refractivity contribution in [3.63, 3.8) is 0 Å². The van der Waals surface area contributed by atoms with Crippen molar-refractivity contribution in [2.45, 2.75) is 4.21 Å². The molecule has 2 rings (SSSR count). The minimum absolute atomic E-state index is 1.16. The average molecular weight is 338 g/mol. The van der Waals surface area contributed by atoms with E-state index in [-0.39, 0.29) is 0 Å². The molecule has 0 saturated carbocycles. The Morgan fingerprint density at radius 1 is 1.31 bits per heavy atom. The van der Waals surface area contributed by atoms with Crippen molar-refractivity contribution in [2.24, 2.45) is 0 Å². The molecule has 0 radical (unpaired) electrons. The molecule has 0 nitrogen and oxygen atoms in total. The highest BCUT2D eigenvalue weighted by Gasteiger charge is 2.10. The van der Waals surface area contributed by atoms with Crippen LogP contribution in [0.2, 0.25) is 0 Å². The molecule has 13 heavy (non-hydrogen) atoms. The van der Waals surface area contributed by atoms with Gasteiger partial charge >= 0.3 is 0 Å². The molecule has 0 aliphatic rings. The summed E-state index contributed by atoms with van der Waals surface area (Å²) in [6, 6.07) is 6.29. The second-order valence-corrected chi connectivity index (χ2v) is 6.30. The SMILES string of the molecule is CSc1sc2cccc(Br)c2c1Br. The number of thiophene rings is 1.